The third kappa shape index (κ3) is 6.06. The highest BCUT2D eigenvalue weighted by Gasteiger charge is 2.34. The summed E-state index contributed by atoms with van der Waals surface area (Å²) in [7, 11) is 2.08. The van der Waals surface area contributed by atoms with E-state index in [4.69, 9.17) is 14.8 Å². The fraction of sp³-hybridized carbons (Fsp3) is 0.375. The van der Waals surface area contributed by atoms with Gasteiger partial charge in [-0.1, -0.05) is 30.3 Å². The molecule has 1 amide bonds. The van der Waals surface area contributed by atoms with Gasteiger partial charge in [0.15, 0.2) is 5.82 Å². The largest absolute Gasteiger partial charge is 0.472 e. The summed E-state index contributed by atoms with van der Waals surface area (Å²) in [5, 5.41) is 27.2. The predicted molar refractivity (Wildman–Crippen MR) is 192 cm³/mol. The number of hydrogen-bond acceptors (Lipinski definition) is 7. The number of nitrogens with zero attached hydrogens (tertiary/aromatic N) is 7. The van der Waals surface area contributed by atoms with E-state index in [9.17, 15) is 19.7 Å². The Kier molecular flexibility index (Phi) is 9.41. The molecule has 2 aliphatic heterocycles. The molecule has 11 heteroatoms. The second kappa shape index (κ2) is 14.1. The highest BCUT2D eigenvalue weighted by atomic mass is 19.1. The number of likely N-dealkylation sites (N-methyl/N-ethyl adjacent to an activating group) is 1. The molecule has 3 aromatic carbocycles. The molecule has 0 radical (unpaired) electrons. The van der Waals surface area contributed by atoms with E-state index in [2.05, 4.69) is 24.1 Å². The molecule has 7 rings (SSSR count). The van der Waals surface area contributed by atoms with Gasteiger partial charge in [0.1, 0.15) is 18.3 Å². The van der Waals surface area contributed by atoms with Crippen molar-refractivity contribution >= 4 is 38.5 Å². The highest BCUT2D eigenvalue weighted by molar-refractivity contribution is 6.09. The van der Waals surface area contributed by atoms with Gasteiger partial charge in [0.2, 0.25) is 11.8 Å². The van der Waals surface area contributed by atoms with Gasteiger partial charge in [-0.25, -0.2) is 13.8 Å². The Morgan fingerprint density at radius 3 is 2.69 bits per heavy atom. The molecule has 260 valence electrons. The van der Waals surface area contributed by atoms with Crippen LogP contribution in [0.4, 0.5) is 8.78 Å². The molecule has 0 spiro atoms. The number of benzene rings is 3. The molecule has 2 saturated heterocycles. The lowest BCUT2D eigenvalue weighted by atomic mass is 9.90. The van der Waals surface area contributed by atoms with Crippen LogP contribution in [0.15, 0.2) is 60.8 Å². The quantitative estimate of drug-likeness (QED) is 0.155. The number of halogens is 2. The standard InChI is InChI=1S/C40H39F2N7O2/c1-24-20-31-38(37(42)35(24)30-11-5-9-26-8-4-10-27(22-44)36(26)30)46-40(51-25(2)33-12-7-18-47(33)3)32-23-45-49(39(31)32)29-15-19-48(28(21-29)14-17-43)34(50)13-6-16-41/h4-6,8-11,13,20,23,25,28-29,33H,7,12,14-16,18-19,21H2,1-3H3/b13-6+/t25?,28-,29+,33+/m1/s1. The van der Waals surface area contributed by atoms with Gasteiger partial charge in [0.25, 0.3) is 0 Å². The molecule has 0 aliphatic carbocycles. The zero-order chi connectivity index (χ0) is 35.8. The molecule has 0 bridgehead atoms. The van der Waals surface area contributed by atoms with Gasteiger partial charge in [0, 0.05) is 41.0 Å². The van der Waals surface area contributed by atoms with Crippen LogP contribution in [-0.2, 0) is 4.79 Å². The minimum atomic E-state index is -0.747. The van der Waals surface area contributed by atoms with E-state index in [1.54, 1.807) is 17.2 Å². The van der Waals surface area contributed by atoms with Crippen LogP contribution in [-0.4, -0.2) is 75.5 Å². The predicted octanol–water partition coefficient (Wildman–Crippen LogP) is 7.56. The maximum atomic E-state index is 17.3. The number of fused-ring (bicyclic) bond motifs is 4. The first-order valence-corrected chi connectivity index (χ1v) is 17.4. The number of nitriles is 2. The third-order valence-corrected chi connectivity index (χ3v) is 10.6. The molecule has 1 unspecified atom stereocenters. The van der Waals surface area contributed by atoms with Crippen LogP contribution in [0, 0.1) is 35.4 Å². The Bertz CT molecular complexity index is 2260. The maximum Gasteiger partial charge on any atom is 0.246 e. The van der Waals surface area contributed by atoms with Crippen LogP contribution < -0.4 is 4.74 Å². The van der Waals surface area contributed by atoms with Gasteiger partial charge in [-0.05, 0) is 87.8 Å². The van der Waals surface area contributed by atoms with Crippen LogP contribution in [0.3, 0.4) is 0 Å². The number of carbonyl (C=O) groups is 1. The zero-order valence-corrected chi connectivity index (χ0v) is 28.9. The number of aryl methyl sites for hydroxylation is 1. The first-order chi connectivity index (χ1) is 24.7. The monoisotopic (exact) mass is 687 g/mol. The van der Waals surface area contributed by atoms with Crippen LogP contribution in [0.2, 0.25) is 0 Å². The molecular formula is C40H39F2N7O2. The van der Waals surface area contributed by atoms with E-state index in [1.165, 1.54) is 12.2 Å². The van der Waals surface area contributed by atoms with Crippen molar-refractivity contribution in [2.45, 2.75) is 70.2 Å². The molecule has 2 fully saturated rings. The number of allylic oxidation sites excluding steroid dienone is 1. The number of alkyl halides is 1. The molecule has 4 atom stereocenters. The summed E-state index contributed by atoms with van der Waals surface area (Å²) >= 11 is 0. The van der Waals surface area contributed by atoms with Crippen molar-refractivity contribution in [3.05, 3.63) is 77.8 Å². The number of aromatic nitrogens is 3. The van der Waals surface area contributed by atoms with Crippen LogP contribution in [0.5, 0.6) is 5.88 Å². The lowest BCUT2D eigenvalue weighted by molar-refractivity contribution is -0.130. The molecule has 2 aliphatic rings. The summed E-state index contributed by atoms with van der Waals surface area (Å²) in [4.78, 5) is 21.7. The summed E-state index contributed by atoms with van der Waals surface area (Å²) in [6.45, 7) is 4.45. The van der Waals surface area contributed by atoms with Crippen LogP contribution >= 0.6 is 0 Å². The molecule has 5 aromatic rings. The molecule has 51 heavy (non-hydrogen) atoms. The van der Waals surface area contributed by atoms with Gasteiger partial charge >= 0.3 is 0 Å². The van der Waals surface area contributed by atoms with Crippen molar-refractivity contribution in [2.24, 2.45) is 0 Å². The van der Waals surface area contributed by atoms with Gasteiger partial charge in [-0.2, -0.15) is 15.6 Å². The Balaban J connectivity index is 1.41. The van der Waals surface area contributed by atoms with Crippen molar-refractivity contribution in [1.82, 2.24) is 24.6 Å². The first-order valence-electron chi connectivity index (χ1n) is 17.4. The minimum absolute atomic E-state index is 0.112. The molecule has 9 nitrogen and oxygen atoms in total. The Morgan fingerprint density at radius 2 is 1.96 bits per heavy atom. The molecule has 0 saturated carbocycles. The SMILES string of the molecule is Cc1cc2c(nc(OC(C)[C@@H]3CCCN3C)c3cnn([C@H]4CCN(C(=O)/C=C/CF)[C@H](CC#N)C4)c32)c(F)c1-c1cccc2cccc(C#N)c12. The normalized spacial score (nSPS) is 20.3. The summed E-state index contributed by atoms with van der Waals surface area (Å²) in [5.41, 5.74) is 2.91. The Hall–Kier alpha value is -5.39. The number of carbonyl (C=O) groups excluding carboxylic acids is 1. The number of likely N-dealkylation sites (tertiary alicyclic amines) is 2. The zero-order valence-electron chi connectivity index (χ0n) is 28.9. The number of piperidine rings is 1. The highest BCUT2D eigenvalue weighted by Crippen LogP contribution is 2.42. The second-order valence-electron chi connectivity index (χ2n) is 13.7. The fourth-order valence-electron chi connectivity index (χ4n) is 8.21. The second-order valence-corrected chi connectivity index (χ2v) is 13.7. The summed E-state index contributed by atoms with van der Waals surface area (Å²) in [6.07, 6.45) is 7.01. The van der Waals surface area contributed by atoms with Crippen molar-refractivity contribution in [3.63, 3.8) is 0 Å². The lowest BCUT2D eigenvalue weighted by Crippen LogP contribution is -2.46. The molecule has 0 N–H and O–H groups in total. The van der Waals surface area contributed by atoms with Crippen molar-refractivity contribution in [2.75, 3.05) is 26.8 Å². The first kappa shape index (κ1) is 34.1. The third-order valence-electron chi connectivity index (χ3n) is 10.6. The van der Waals surface area contributed by atoms with Crippen molar-refractivity contribution < 1.29 is 18.3 Å². The van der Waals surface area contributed by atoms with Gasteiger partial charge in [-0.3, -0.25) is 14.4 Å². The van der Waals surface area contributed by atoms with E-state index < -0.39 is 18.5 Å². The minimum Gasteiger partial charge on any atom is -0.472 e. The number of amides is 1. The van der Waals surface area contributed by atoms with Crippen LogP contribution in [0.25, 0.3) is 43.7 Å². The molecule has 2 aromatic heterocycles. The van der Waals surface area contributed by atoms with Crippen LogP contribution in [0.1, 0.15) is 56.2 Å². The van der Waals surface area contributed by atoms with Crippen molar-refractivity contribution in [3.8, 4) is 29.1 Å². The van der Waals surface area contributed by atoms with E-state index in [-0.39, 0.29) is 36.0 Å². The average Bonchev–Trinajstić information content (AvgIpc) is 3.78. The number of hydrogen-bond donors (Lipinski definition) is 0. The van der Waals surface area contributed by atoms with Gasteiger partial charge in [0.05, 0.1) is 47.3 Å². The van der Waals surface area contributed by atoms with Crippen molar-refractivity contribution in [1.29, 1.82) is 10.5 Å². The smallest absolute Gasteiger partial charge is 0.246 e. The summed E-state index contributed by atoms with van der Waals surface area (Å²) in [5.74, 6) is -0.553. The topological polar surface area (TPSA) is 111 Å². The lowest BCUT2D eigenvalue weighted by Gasteiger charge is -2.38. The Morgan fingerprint density at radius 1 is 1.16 bits per heavy atom. The number of ether oxygens (including phenoxy) is 1. The summed E-state index contributed by atoms with van der Waals surface area (Å²) < 4.78 is 38.6. The summed E-state index contributed by atoms with van der Waals surface area (Å²) in [6, 6.07) is 17.1. The Labute approximate surface area is 295 Å². The number of rotatable bonds is 8. The number of pyridine rings is 1. The van der Waals surface area contributed by atoms with E-state index in [0.29, 0.717) is 69.2 Å². The maximum absolute atomic E-state index is 17.3. The van der Waals surface area contributed by atoms with Gasteiger partial charge < -0.3 is 9.64 Å². The van der Waals surface area contributed by atoms with Gasteiger partial charge in [-0.15, -0.1) is 0 Å². The van der Waals surface area contributed by atoms with E-state index >= 15 is 4.39 Å². The molecular weight excluding hydrogens is 648 g/mol. The fourth-order valence-corrected chi connectivity index (χ4v) is 8.21. The average molecular weight is 688 g/mol. The molecule has 4 heterocycles. The van der Waals surface area contributed by atoms with E-state index in [1.807, 2.05) is 54.9 Å². The van der Waals surface area contributed by atoms with E-state index in [0.717, 1.165) is 24.8 Å².